The summed E-state index contributed by atoms with van der Waals surface area (Å²) in [5, 5.41) is 7.11. The van der Waals surface area contributed by atoms with Crippen molar-refractivity contribution in [2.45, 2.75) is 25.4 Å². The zero-order chi connectivity index (χ0) is 22.9. The van der Waals surface area contributed by atoms with E-state index in [1.807, 2.05) is 47.0 Å². The first-order chi connectivity index (χ1) is 15.3. The van der Waals surface area contributed by atoms with E-state index >= 15 is 0 Å². The highest BCUT2D eigenvalue weighted by Crippen LogP contribution is 2.31. The molecule has 0 bridgehead atoms. The number of carbonyl (C=O) groups is 3. The number of aromatic nitrogens is 1. The molecule has 1 aromatic heterocycles. The average molecular weight is 453 g/mol. The molecule has 2 N–H and O–H groups in total. The molecule has 0 radical (unpaired) electrons. The van der Waals surface area contributed by atoms with Gasteiger partial charge in [-0.1, -0.05) is 41.9 Å². The minimum absolute atomic E-state index is 0.156. The number of likely N-dealkylation sites (N-methyl/N-ethyl adjacent to an activating group) is 1. The topological polar surface area (TPSA) is 83.4 Å². The fourth-order valence-corrected chi connectivity index (χ4v) is 4.13. The summed E-state index contributed by atoms with van der Waals surface area (Å²) in [5.74, 6) is -0.880. The van der Waals surface area contributed by atoms with Crippen LogP contribution in [0.25, 0.3) is 10.9 Å². The summed E-state index contributed by atoms with van der Waals surface area (Å²) in [6.45, 7) is 2.32. The maximum Gasteiger partial charge on any atom is 0.271 e. The van der Waals surface area contributed by atoms with E-state index in [1.54, 1.807) is 26.1 Å². The van der Waals surface area contributed by atoms with Gasteiger partial charge in [-0.05, 0) is 43.2 Å². The van der Waals surface area contributed by atoms with Crippen molar-refractivity contribution < 1.29 is 14.4 Å². The van der Waals surface area contributed by atoms with Crippen LogP contribution in [0.5, 0.6) is 0 Å². The Labute approximate surface area is 191 Å². The number of fused-ring (bicyclic) bond motifs is 3. The number of para-hydroxylation sites is 1. The van der Waals surface area contributed by atoms with Gasteiger partial charge in [-0.15, -0.1) is 0 Å². The molecule has 8 heteroatoms. The molecule has 1 aliphatic heterocycles. The lowest BCUT2D eigenvalue weighted by molar-refractivity contribution is -0.134. The molecule has 1 unspecified atom stereocenters. The second-order valence-corrected chi connectivity index (χ2v) is 8.66. The van der Waals surface area contributed by atoms with E-state index in [1.165, 1.54) is 4.90 Å². The summed E-state index contributed by atoms with van der Waals surface area (Å²) in [5.41, 5.74) is 1.40. The van der Waals surface area contributed by atoms with Gasteiger partial charge in [-0.2, -0.15) is 0 Å². The second-order valence-electron chi connectivity index (χ2n) is 8.22. The quantitative estimate of drug-likeness (QED) is 0.603. The van der Waals surface area contributed by atoms with E-state index in [4.69, 9.17) is 11.6 Å². The number of carbonyl (C=O) groups excluding carboxylic acids is 3. The van der Waals surface area contributed by atoms with Gasteiger partial charge < -0.3 is 20.1 Å². The SMILES string of the molecule is CN1C(=O)c2cc3ccccc3n2CC1(C)C(=O)NCC(=O)NCCc1ccc(Cl)cc1. The van der Waals surface area contributed by atoms with Gasteiger partial charge in [-0.3, -0.25) is 14.4 Å². The first-order valence-electron chi connectivity index (χ1n) is 10.5. The van der Waals surface area contributed by atoms with Crippen molar-refractivity contribution in [3.8, 4) is 0 Å². The Bertz CT molecular complexity index is 1190. The van der Waals surface area contributed by atoms with Crippen molar-refractivity contribution in [2.75, 3.05) is 20.1 Å². The van der Waals surface area contributed by atoms with Gasteiger partial charge in [0.1, 0.15) is 11.2 Å². The predicted molar refractivity (Wildman–Crippen MR) is 124 cm³/mol. The first kappa shape index (κ1) is 21.9. The Morgan fingerprint density at radius 2 is 1.81 bits per heavy atom. The van der Waals surface area contributed by atoms with Crippen LogP contribution in [0.1, 0.15) is 23.0 Å². The molecular formula is C24H25ClN4O3. The zero-order valence-corrected chi connectivity index (χ0v) is 18.8. The van der Waals surface area contributed by atoms with Gasteiger partial charge in [0.2, 0.25) is 11.8 Å². The molecule has 0 saturated heterocycles. The van der Waals surface area contributed by atoms with E-state index in [0.29, 0.717) is 30.2 Å². The van der Waals surface area contributed by atoms with E-state index in [9.17, 15) is 14.4 Å². The molecule has 1 atom stereocenters. The lowest BCUT2D eigenvalue weighted by atomic mass is 9.95. The van der Waals surface area contributed by atoms with Gasteiger partial charge in [0, 0.05) is 29.5 Å². The molecule has 0 fully saturated rings. The number of halogens is 1. The monoisotopic (exact) mass is 452 g/mol. The summed E-state index contributed by atoms with van der Waals surface area (Å²) in [4.78, 5) is 39.7. The Morgan fingerprint density at radius 1 is 1.09 bits per heavy atom. The lowest BCUT2D eigenvalue weighted by Crippen LogP contribution is -2.63. The molecule has 4 rings (SSSR count). The molecule has 7 nitrogen and oxygen atoms in total. The van der Waals surface area contributed by atoms with E-state index in [0.717, 1.165) is 16.5 Å². The third-order valence-electron chi connectivity index (χ3n) is 6.09. The van der Waals surface area contributed by atoms with Crippen molar-refractivity contribution >= 4 is 40.2 Å². The molecule has 166 valence electrons. The Hall–Kier alpha value is -3.32. The van der Waals surface area contributed by atoms with Crippen LogP contribution in [0, 0.1) is 0 Å². The fraction of sp³-hybridized carbons (Fsp3) is 0.292. The minimum Gasteiger partial charge on any atom is -0.354 e. The van der Waals surface area contributed by atoms with Crippen LogP contribution in [0.2, 0.25) is 5.02 Å². The molecule has 0 saturated carbocycles. The van der Waals surface area contributed by atoms with Crippen LogP contribution < -0.4 is 10.6 Å². The van der Waals surface area contributed by atoms with E-state index in [-0.39, 0.29) is 24.3 Å². The van der Waals surface area contributed by atoms with Crippen molar-refractivity contribution in [1.82, 2.24) is 20.1 Å². The molecule has 32 heavy (non-hydrogen) atoms. The van der Waals surface area contributed by atoms with Gasteiger partial charge in [0.25, 0.3) is 5.91 Å². The van der Waals surface area contributed by atoms with Crippen molar-refractivity contribution in [1.29, 1.82) is 0 Å². The Balaban J connectivity index is 1.37. The Morgan fingerprint density at radius 3 is 2.56 bits per heavy atom. The summed E-state index contributed by atoms with van der Waals surface area (Å²) >= 11 is 5.88. The average Bonchev–Trinajstić information content (AvgIpc) is 3.15. The van der Waals surface area contributed by atoms with Crippen LogP contribution in [0.3, 0.4) is 0 Å². The molecule has 0 aliphatic carbocycles. The number of nitrogens with zero attached hydrogens (tertiary/aromatic N) is 2. The Kier molecular flexibility index (Phi) is 5.93. The normalized spacial score (nSPS) is 17.8. The van der Waals surface area contributed by atoms with Crippen LogP contribution in [0.4, 0.5) is 0 Å². The largest absolute Gasteiger partial charge is 0.354 e. The third-order valence-corrected chi connectivity index (χ3v) is 6.34. The standard InChI is InChI=1S/C24H25ClN4O3/c1-24(15-29-19-6-4-3-5-17(19)13-20(29)22(31)28(24)2)23(32)27-14-21(30)26-12-11-16-7-9-18(25)10-8-16/h3-10,13H,11-12,14-15H2,1-2H3,(H,26,30)(H,27,32). The number of hydrogen-bond donors (Lipinski definition) is 2. The molecule has 0 spiro atoms. The van der Waals surface area contributed by atoms with Crippen molar-refractivity contribution in [2.24, 2.45) is 0 Å². The highest BCUT2D eigenvalue weighted by Gasteiger charge is 2.45. The van der Waals surface area contributed by atoms with Crippen LogP contribution >= 0.6 is 11.6 Å². The van der Waals surface area contributed by atoms with Crippen LogP contribution in [-0.4, -0.2) is 52.9 Å². The summed E-state index contributed by atoms with van der Waals surface area (Å²) in [7, 11) is 1.62. The smallest absolute Gasteiger partial charge is 0.271 e. The van der Waals surface area contributed by atoms with Crippen LogP contribution in [-0.2, 0) is 22.6 Å². The number of nitrogens with one attached hydrogen (secondary N) is 2. The molecule has 1 aliphatic rings. The van der Waals surface area contributed by atoms with Crippen molar-refractivity contribution in [3.05, 3.63) is 70.9 Å². The number of amides is 3. The predicted octanol–water partition coefficient (Wildman–Crippen LogP) is 2.61. The fourth-order valence-electron chi connectivity index (χ4n) is 4.00. The summed E-state index contributed by atoms with van der Waals surface area (Å²) < 4.78 is 1.88. The number of hydrogen-bond acceptors (Lipinski definition) is 3. The van der Waals surface area contributed by atoms with Crippen molar-refractivity contribution in [3.63, 3.8) is 0 Å². The van der Waals surface area contributed by atoms with Gasteiger partial charge >= 0.3 is 0 Å². The third kappa shape index (κ3) is 4.08. The van der Waals surface area contributed by atoms with E-state index in [2.05, 4.69) is 10.6 Å². The van der Waals surface area contributed by atoms with E-state index < -0.39 is 5.54 Å². The molecule has 2 heterocycles. The zero-order valence-electron chi connectivity index (χ0n) is 18.0. The lowest BCUT2D eigenvalue weighted by Gasteiger charge is -2.41. The van der Waals surface area contributed by atoms with Gasteiger partial charge in [0.05, 0.1) is 13.1 Å². The first-order valence-corrected chi connectivity index (χ1v) is 10.8. The summed E-state index contributed by atoms with van der Waals surface area (Å²) in [6.07, 6.45) is 0.662. The number of rotatable bonds is 6. The maximum atomic E-state index is 13.1. The highest BCUT2D eigenvalue weighted by atomic mass is 35.5. The minimum atomic E-state index is -1.12. The molecule has 2 aromatic carbocycles. The van der Waals surface area contributed by atoms with Gasteiger partial charge in [0.15, 0.2) is 0 Å². The highest BCUT2D eigenvalue weighted by molar-refractivity contribution is 6.30. The molecule has 3 aromatic rings. The van der Waals surface area contributed by atoms with Gasteiger partial charge in [-0.25, -0.2) is 0 Å². The maximum absolute atomic E-state index is 13.1. The molecule has 3 amide bonds. The summed E-state index contributed by atoms with van der Waals surface area (Å²) in [6, 6.07) is 17.0. The van der Waals surface area contributed by atoms with Crippen LogP contribution in [0.15, 0.2) is 54.6 Å². The molecular weight excluding hydrogens is 428 g/mol. The number of benzene rings is 2. The second kappa shape index (κ2) is 8.67.